The molecule has 12 aromatic rings. The van der Waals surface area contributed by atoms with Gasteiger partial charge in [0.25, 0.3) is 0 Å². The van der Waals surface area contributed by atoms with E-state index in [-0.39, 0.29) is 12.2 Å². The molecule has 0 atom stereocenters. The van der Waals surface area contributed by atoms with Gasteiger partial charge >= 0.3 is 0 Å². The van der Waals surface area contributed by atoms with Crippen LogP contribution in [0.1, 0.15) is 25.7 Å². The molecule has 0 radical (unpaired) electrons. The van der Waals surface area contributed by atoms with Gasteiger partial charge in [0.1, 0.15) is 71.2 Å². The minimum atomic E-state index is 0.0535. The smallest absolute Gasteiger partial charge is 0.214 e. The average molecular weight is 1800 g/mol. The number of fused-ring (bicyclic) bond motifs is 4. The van der Waals surface area contributed by atoms with Crippen LogP contribution in [0.5, 0.6) is 11.8 Å². The molecule has 592 valence electrons. The van der Waals surface area contributed by atoms with Crippen LogP contribution in [0, 0.1) is 0 Å². The number of nitrogens with one attached hydrogen (secondary N) is 6. The minimum Gasteiger partial charge on any atom is -0.471 e. The fourth-order valence-electron chi connectivity index (χ4n) is 12.6. The Balaban J connectivity index is 0.000000135. The molecule has 0 aliphatic carbocycles. The van der Waals surface area contributed by atoms with E-state index in [1.165, 1.54) is 25.3 Å². The lowest BCUT2D eigenvalue weighted by atomic mass is 10.0. The molecule has 6 N–H and O–H groups in total. The predicted octanol–water partition coefficient (Wildman–Crippen LogP) is 21.2. The number of benzene rings is 4. The van der Waals surface area contributed by atoms with Crippen molar-refractivity contribution in [3.05, 3.63) is 285 Å². The summed E-state index contributed by atoms with van der Waals surface area (Å²) in [6, 6.07) is 37.7. The van der Waals surface area contributed by atoms with Crippen molar-refractivity contribution >= 4 is 203 Å². The predicted molar refractivity (Wildman–Crippen MR) is 479 cm³/mol. The fourth-order valence-corrected chi connectivity index (χ4v) is 14.1. The van der Waals surface area contributed by atoms with Crippen LogP contribution < -0.4 is 41.4 Å². The highest BCUT2D eigenvalue weighted by Crippen LogP contribution is 2.36. The number of pyridine rings is 4. The molecule has 0 spiro atoms. The van der Waals surface area contributed by atoms with Crippen LogP contribution in [0.2, 0.25) is 30.1 Å². The number of hydrogen-bond acceptors (Lipinski definition) is 24. The Hall–Kier alpha value is -10.9. The number of rotatable bonds is 24. The summed E-state index contributed by atoms with van der Waals surface area (Å²) in [5, 5.41) is 23.3. The van der Waals surface area contributed by atoms with Crippen LogP contribution in [0.25, 0.3) is 44.1 Å². The van der Waals surface area contributed by atoms with E-state index in [0.29, 0.717) is 105 Å². The van der Waals surface area contributed by atoms with Crippen molar-refractivity contribution in [2.45, 2.75) is 50.0 Å². The topological polar surface area (TPSA) is 258 Å². The highest BCUT2D eigenvalue weighted by molar-refractivity contribution is 9.10. The summed E-state index contributed by atoms with van der Waals surface area (Å²) >= 11 is 43.4. The SMILES string of the molecule is C=CC(=C)N1CC(Oc2ccc3ncnc(Nc4ccc(Br)c(Cl)c4)c3n2)C1.C=CC(=C)N1CC(Oc2ccc3ncnc(Nc4ccc(Cl)c(Cl)c4)c3n2)C1.C=CC(=C)N1CCC(Nc2ccc3ncnc(Nc4ccc(Br)c(Cl)c4)c3n2)CC1.C=CC(=C)N1CCC(Nc2ccc3ncnc(Nc4ccc(Cl)c(Cl)c4)c3n2)CC1. The second-order valence-electron chi connectivity index (χ2n) is 27.0. The first-order valence-corrected chi connectivity index (χ1v) is 40.5. The molecule has 0 bridgehead atoms. The van der Waals surface area contributed by atoms with Gasteiger partial charge in [0.05, 0.1) is 78.4 Å². The highest BCUT2D eigenvalue weighted by Gasteiger charge is 2.31. The number of nitrogens with zero attached hydrogens (tertiary/aromatic N) is 16. The van der Waals surface area contributed by atoms with Gasteiger partial charge in [-0.05, 0) is 191 Å². The standard InChI is InChI=1S/C22H22BrClN6.C22H22Cl2N6.C20H17BrClN5O.C20H17Cl2N5O/c2*1-3-14(2)30-10-8-15(9-11-30)27-20-7-6-19-21(29-20)22(26-13-25-19)28-16-4-5-17(23)18(24)12-16;2*1-3-12(2)27-9-14(10-27)28-18-7-6-17-19(26-18)20(24-11-23-17)25-13-4-5-15(21)16(22)8-13/h2*3-7,12-13,15H,1-2,8-11H2,(H,27,29)(H,25,26,28);2*3-8,11,14H,1-2,9-10H2,(H,23,24,25). The van der Waals surface area contributed by atoms with Gasteiger partial charge in [-0.1, -0.05) is 122 Å². The van der Waals surface area contributed by atoms with Gasteiger partial charge < -0.3 is 61.0 Å². The van der Waals surface area contributed by atoms with E-state index in [0.717, 1.165) is 161 Å². The van der Waals surface area contributed by atoms with E-state index in [2.05, 4.69) is 186 Å². The normalized spacial score (nSPS) is 14.2. The Morgan fingerprint density at radius 1 is 0.353 bits per heavy atom. The van der Waals surface area contributed by atoms with E-state index in [4.69, 9.17) is 89.0 Å². The lowest BCUT2D eigenvalue weighted by molar-refractivity contribution is 0.0440. The van der Waals surface area contributed by atoms with Crippen LogP contribution in [0.4, 0.5) is 57.7 Å². The molecule has 16 rings (SSSR count). The van der Waals surface area contributed by atoms with E-state index in [9.17, 15) is 0 Å². The monoisotopic (exact) mass is 1790 g/mol. The van der Waals surface area contributed by atoms with Crippen molar-refractivity contribution in [2.75, 3.05) is 84.3 Å². The van der Waals surface area contributed by atoms with E-state index in [1.54, 1.807) is 42.5 Å². The summed E-state index contributed by atoms with van der Waals surface area (Å²) < 4.78 is 13.6. The minimum absolute atomic E-state index is 0.0535. The maximum absolute atomic E-state index is 6.21. The molecular weight excluding hydrogens is 1720 g/mol. The van der Waals surface area contributed by atoms with Crippen molar-refractivity contribution in [2.24, 2.45) is 0 Å². The summed E-state index contributed by atoms with van der Waals surface area (Å²) in [6.45, 7) is 37.9. The van der Waals surface area contributed by atoms with Gasteiger partial charge in [0, 0.05) is 105 Å². The molecule has 4 saturated heterocycles. The number of aromatic nitrogens is 12. The van der Waals surface area contributed by atoms with E-state index < -0.39 is 0 Å². The third kappa shape index (κ3) is 21.2. The Morgan fingerprint density at radius 3 is 0.957 bits per heavy atom. The van der Waals surface area contributed by atoms with Crippen molar-refractivity contribution in [3.63, 3.8) is 0 Å². The van der Waals surface area contributed by atoms with Gasteiger partial charge in [0.2, 0.25) is 11.8 Å². The summed E-state index contributed by atoms with van der Waals surface area (Å²) in [6.07, 6.45) is 17.3. The van der Waals surface area contributed by atoms with Crippen molar-refractivity contribution in [1.82, 2.24) is 79.4 Å². The number of anilines is 10. The third-order valence-electron chi connectivity index (χ3n) is 19.1. The Morgan fingerprint density at radius 2 is 0.647 bits per heavy atom. The second-order valence-corrected chi connectivity index (χ2v) is 31.1. The molecule has 0 amide bonds. The molecule has 12 heterocycles. The maximum Gasteiger partial charge on any atom is 0.214 e. The van der Waals surface area contributed by atoms with Crippen LogP contribution in [0.15, 0.2) is 255 Å². The van der Waals surface area contributed by atoms with Crippen LogP contribution in [-0.4, -0.2) is 156 Å². The zero-order valence-corrected chi connectivity index (χ0v) is 70.3. The zero-order valence-electron chi connectivity index (χ0n) is 62.6. The number of allylic oxidation sites excluding steroid dienone is 4. The molecule has 0 unspecified atom stereocenters. The summed E-state index contributed by atoms with van der Waals surface area (Å²) in [4.78, 5) is 62.1. The summed E-state index contributed by atoms with van der Waals surface area (Å²) in [5.74, 6) is 5.07. The van der Waals surface area contributed by atoms with Crippen molar-refractivity contribution in [3.8, 4) is 11.8 Å². The zero-order chi connectivity index (χ0) is 81.5. The molecule has 24 nitrogen and oxygen atoms in total. The lowest BCUT2D eigenvalue weighted by Crippen LogP contribution is -2.52. The Labute approximate surface area is 717 Å². The largest absolute Gasteiger partial charge is 0.471 e. The molecule has 0 saturated carbocycles. The summed E-state index contributed by atoms with van der Waals surface area (Å²) in [7, 11) is 0. The molecule has 116 heavy (non-hydrogen) atoms. The molecule has 4 aliphatic heterocycles. The molecule has 4 fully saturated rings. The second kappa shape index (κ2) is 38.7. The van der Waals surface area contributed by atoms with Crippen LogP contribution in [0.3, 0.4) is 0 Å². The molecule has 32 heteroatoms. The molecule has 4 aliphatic rings. The molecule has 8 aromatic heterocycles. The average Bonchev–Trinajstić information content (AvgIpc) is 0.804. The van der Waals surface area contributed by atoms with E-state index >= 15 is 0 Å². The lowest BCUT2D eigenvalue weighted by Gasteiger charge is -2.40. The number of hydrogen-bond donors (Lipinski definition) is 6. The van der Waals surface area contributed by atoms with Gasteiger partial charge in [-0.15, -0.1) is 0 Å². The number of piperidine rings is 2. The highest BCUT2D eigenvalue weighted by atomic mass is 79.9. The third-order valence-corrected chi connectivity index (χ3v) is 23.1. The van der Waals surface area contributed by atoms with E-state index in [1.807, 2.05) is 103 Å². The van der Waals surface area contributed by atoms with Gasteiger partial charge in [-0.25, -0.2) is 59.8 Å². The summed E-state index contributed by atoms with van der Waals surface area (Å²) in [5.41, 5.74) is 12.5. The molecular formula is C84H78Br2Cl6N22O2. The number of halogens is 8. The van der Waals surface area contributed by atoms with Gasteiger partial charge in [-0.2, -0.15) is 0 Å². The quantitative estimate of drug-likeness (QED) is 0.0307. The van der Waals surface area contributed by atoms with Crippen LogP contribution >= 0.6 is 101 Å². The van der Waals surface area contributed by atoms with Gasteiger partial charge in [0.15, 0.2) is 23.3 Å². The maximum atomic E-state index is 6.21. The first-order valence-electron chi connectivity index (χ1n) is 36.6. The van der Waals surface area contributed by atoms with Crippen molar-refractivity contribution in [1.29, 1.82) is 0 Å². The molecule has 4 aromatic carbocycles. The number of likely N-dealkylation sites (tertiary alicyclic amines) is 4. The number of ether oxygens (including phenoxy) is 2. The first kappa shape index (κ1) is 83.0. The fraction of sp³-hybridized carbons (Fsp3) is 0.190. The van der Waals surface area contributed by atoms with Crippen molar-refractivity contribution < 1.29 is 9.47 Å². The van der Waals surface area contributed by atoms with Crippen LogP contribution in [-0.2, 0) is 0 Å². The van der Waals surface area contributed by atoms with Gasteiger partial charge in [-0.3, -0.25) is 0 Å². The Bertz CT molecular complexity index is 5360. The Kier molecular flexibility index (Phi) is 27.7. The first-order chi connectivity index (χ1) is 56.1.